The van der Waals surface area contributed by atoms with Gasteiger partial charge in [0.05, 0.1) is 21.9 Å². The molecule has 0 aliphatic heterocycles. The summed E-state index contributed by atoms with van der Waals surface area (Å²) in [5.74, 6) is 0. The van der Waals surface area contributed by atoms with E-state index in [1.165, 1.54) is 32.8 Å². The summed E-state index contributed by atoms with van der Waals surface area (Å²) >= 11 is 0. The van der Waals surface area contributed by atoms with Crippen LogP contribution >= 0.6 is 0 Å². The summed E-state index contributed by atoms with van der Waals surface area (Å²) in [6.07, 6.45) is 8.72. The molecule has 0 amide bonds. The second-order valence-electron chi connectivity index (χ2n) is 9.77. The van der Waals surface area contributed by atoms with E-state index in [4.69, 9.17) is 5.73 Å². The van der Waals surface area contributed by atoms with Gasteiger partial charge in [-0.05, 0) is 60.0 Å². The molecule has 7 aromatic rings. The first-order chi connectivity index (χ1) is 19.3. The predicted molar refractivity (Wildman–Crippen MR) is 164 cm³/mol. The van der Waals surface area contributed by atoms with E-state index in [1.807, 2.05) is 12.4 Å². The molecule has 0 atom stereocenters. The third kappa shape index (κ3) is 3.64. The first kappa shape index (κ1) is 23.1. The molecule has 7 rings (SSSR count). The molecular formula is C35H28N4. The Kier molecular flexibility index (Phi) is 5.52. The van der Waals surface area contributed by atoms with Crippen molar-refractivity contribution >= 4 is 45.0 Å². The molecule has 0 fully saturated rings. The van der Waals surface area contributed by atoms with Crippen LogP contribution in [-0.4, -0.2) is 14.1 Å². The maximum absolute atomic E-state index is 6.08. The fraction of sp³-hybridized carbons (Fsp3) is 0.0571. The summed E-state index contributed by atoms with van der Waals surface area (Å²) in [5.41, 5.74) is 14.2. The van der Waals surface area contributed by atoms with E-state index in [1.54, 1.807) is 6.20 Å². The number of hydrogen-bond donors (Lipinski definition) is 1. The minimum atomic E-state index is 0.935. The number of fused-ring (bicyclic) bond motifs is 4. The van der Waals surface area contributed by atoms with E-state index in [2.05, 4.69) is 130 Å². The number of hydrogen-bond acceptors (Lipinski definition) is 2. The van der Waals surface area contributed by atoms with Gasteiger partial charge in [0.15, 0.2) is 0 Å². The van der Waals surface area contributed by atoms with Crippen LogP contribution in [0, 0.1) is 0 Å². The quantitative estimate of drug-likeness (QED) is 0.291. The van der Waals surface area contributed by atoms with E-state index in [9.17, 15) is 0 Å². The Morgan fingerprint density at radius 3 is 1.85 bits per heavy atom. The molecule has 0 unspecified atom stereocenters. The van der Waals surface area contributed by atoms with Crippen molar-refractivity contribution in [2.24, 2.45) is 5.73 Å². The fourth-order valence-corrected chi connectivity index (χ4v) is 5.83. The zero-order valence-electron chi connectivity index (χ0n) is 21.8. The summed E-state index contributed by atoms with van der Waals surface area (Å²) in [4.78, 5) is 4.37. The van der Waals surface area contributed by atoms with Crippen molar-refractivity contribution in [3.05, 3.63) is 126 Å². The number of nitrogens with two attached hydrogens (primary N) is 1. The molecule has 0 spiro atoms. The van der Waals surface area contributed by atoms with Gasteiger partial charge in [-0.3, -0.25) is 4.98 Å². The number of rotatable bonds is 4. The SMILES string of the molecule is CC/C=c1\c(=C/N)c2ccccc2n1-c1ccc(-c2ccc(-n3c4ccccc4c4cnccc43)cc2)cc1. The van der Waals surface area contributed by atoms with Crippen LogP contribution in [0.2, 0.25) is 0 Å². The van der Waals surface area contributed by atoms with Gasteiger partial charge < -0.3 is 14.9 Å². The van der Waals surface area contributed by atoms with Crippen molar-refractivity contribution in [3.63, 3.8) is 0 Å². The molecule has 4 heteroatoms. The molecule has 188 valence electrons. The van der Waals surface area contributed by atoms with Crippen LogP contribution in [0.3, 0.4) is 0 Å². The van der Waals surface area contributed by atoms with E-state index < -0.39 is 0 Å². The molecule has 0 saturated carbocycles. The van der Waals surface area contributed by atoms with E-state index in [-0.39, 0.29) is 0 Å². The molecule has 3 heterocycles. The molecule has 0 radical (unpaired) electrons. The Morgan fingerprint density at radius 2 is 1.21 bits per heavy atom. The first-order valence-corrected chi connectivity index (χ1v) is 13.3. The average Bonchev–Trinajstić information content (AvgIpc) is 3.50. The molecule has 0 aliphatic carbocycles. The van der Waals surface area contributed by atoms with Gasteiger partial charge >= 0.3 is 0 Å². The molecule has 0 bridgehead atoms. The Hall–Kier alpha value is -5.09. The smallest absolute Gasteiger partial charge is 0.0571 e. The number of pyridine rings is 1. The first-order valence-electron chi connectivity index (χ1n) is 13.3. The Morgan fingerprint density at radius 1 is 0.641 bits per heavy atom. The van der Waals surface area contributed by atoms with Crippen molar-refractivity contribution in [3.8, 4) is 22.5 Å². The second kappa shape index (κ2) is 9.34. The van der Waals surface area contributed by atoms with Crippen LogP contribution < -0.4 is 16.3 Å². The van der Waals surface area contributed by atoms with Gasteiger partial charge in [0.2, 0.25) is 0 Å². The number of nitrogens with zero attached hydrogens (tertiary/aromatic N) is 3. The molecule has 3 aromatic heterocycles. The topological polar surface area (TPSA) is 48.8 Å². The Bertz CT molecular complexity index is 2040. The van der Waals surface area contributed by atoms with E-state index in [0.717, 1.165) is 39.4 Å². The highest BCUT2D eigenvalue weighted by molar-refractivity contribution is 6.08. The van der Waals surface area contributed by atoms with Crippen molar-refractivity contribution in [1.82, 2.24) is 14.1 Å². The lowest BCUT2D eigenvalue weighted by molar-refractivity contribution is 1.06. The molecular weight excluding hydrogens is 476 g/mol. The third-order valence-corrected chi connectivity index (χ3v) is 7.57. The van der Waals surface area contributed by atoms with Crippen molar-refractivity contribution in [2.45, 2.75) is 13.3 Å². The summed E-state index contributed by atoms with van der Waals surface area (Å²) in [6, 6.07) is 36.7. The van der Waals surface area contributed by atoms with Crippen LogP contribution in [0.1, 0.15) is 13.3 Å². The van der Waals surface area contributed by atoms with Gasteiger partial charge in [0, 0.05) is 51.3 Å². The lowest BCUT2D eigenvalue weighted by atomic mass is 10.0. The zero-order chi connectivity index (χ0) is 26.3. The van der Waals surface area contributed by atoms with Crippen LogP contribution in [0.5, 0.6) is 0 Å². The average molecular weight is 505 g/mol. The van der Waals surface area contributed by atoms with Crippen LogP contribution in [0.15, 0.2) is 116 Å². The Labute approximate surface area is 226 Å². The van der Waals surface area contributed by atoms with Gasteiger partial charge in [-0.2, -0.15) is 0 Å². The summed E-state index contributed by atoms with van der Waals surface area (Å²) in [5, 5.41) is 5.76. The van der Waals surface area contributed by atoms with Crippen molar-refractivity contribution < 1.29 is 0 Å². The van der Waals surface area contributed by atoms with Gasteiger partial charge in [0.1, 0.15) is 0 Å². The molecule has 39 heavy (non-hydrogen) atoms. The number of benzene rings is 4. The minimum absolute atomic E-state index is 0.935. The molecule has 4 aromatic carbocycles. The predicted octanol–water partition coefficient (Wildman–Crippen LogP) is 6.68. The third-order valence-electron chi connectivity index (χ3n) is 7.57. The molecule has 0 aliphatic rings. The monoisotopic (exact) mass is 504 g/mol. The fourth-order valence-electron chi connectivity index (χ4n) is 5.83. The zero-order valence-corrected chi connectivity index (χ0v) is 21.8. The maximum atomic E-state index is 6.08. The lowest BCUT2D eigenvalue weighted by Gasteiger charge is -2.11. The highest BCUT2D eigenvalue weighted by atomic mass is 15.0. The molecule has 0 saturated heterocycles. The maximum Gasteiger partial charge on any atom is 0.0571 e. The van der Waals surface area contributed by atoms with Crippen molar-refractivity contribution in [1.29, 1.82) is 0 Å². The number of para-hydroxylation sites is 2. The van der Waals surface area contributed by atoms with Crippen LogP contribution in [0.25, 0.3) is 67.5 Å². The summed E-state index contributed by atoms with van der Waals surface area (Å²) in [7, 11) is 0. The van der Waals surface area contributed by atoms with E-state index in [0.29, 0.717) is 0 Å². The van der Waals surface area contributed by atoms with Crippen LogP contribution in [-0.2, 0) is 0 Å². The highest BCUT2D eigenvalue weighted by Crippen LogP contribution is 2.32. The van der Waals surface area contributed by atoms with Gasteiger partial charge in [-0.1, -0.05) is 73.7 Å². The van der Waals surface area contributed by atoms with Gasteiger partial charge in [-0.25, -0.2) is 0 Å². The normalized spacial score (nSPS) is 12.7. The largest absolute Gasteiger partial charge is 0.404 e. The summed E-state index contributed by atoms with van der Waals surface area (Å²) < 4.78 is 4.62. The number of aromatic nitrogens is 3. The van der Waals surface area contributed by atoms with Crippen molar-refractivity contribution in [2.75, 3.05) is 0 Å². The van der Waals surface area contributed by atoms with Gasteiger partial charge in [0.25, 0.3) is 0 Å². The standard InChI is InChI=1S/C35H28N4/c1-2-7-32-30(22-36)28-8-3-5-10-33(28)38(32)26-16-12-24(13-17-26)25-14-18-27(19-15-25)39-34-11-6-4-9-29(34)31-23-37-21-20-35(31)39/h3-23H,2,36H2,1H3/b30-22-,32-7+. The van der Waals surface area contributed by atoms with E-state index >= 15 is 0 Å². The van der Waals surface area contributed by atoms with Gasteiger partial charge in [-0.15, -0.1) is 0 Å². The molecule has 2 N–H and O–H groups in total. The second-order valence-corrected chi connectivity index (χ2v) is 9.77. The van der Waals surface area contributed by atoms with Crippen LogP contribution in [0.4, 0.5) is 0 Å². The molecule has 4 nitrogen and oxygen atoms in total. The Balaban J connectivity index is 1.29. The minimum Gasteiger partial charge on any atom is -0.404 e. The lowest BCUT2D eigenvalue weighted by Crippen LogP contribution is -2.29. The summed E-state index contributed by atoms with van der Waals surface area (Å²) in [6.45, 7) is 2.16. The highest BCUT2D eigenvalue weighted by Gasteiger charge is 2.12.